The lowest BCUT2D eigenvalue weighted by atomic mass is 10.2. The van der Waals surface area contributed by atoms with Crippen molar-refractivity contribution < 1.29 is 14.3 Å². The summed E-state index contributed by atoms with van der Waals surface area (Å²) >= 11 is 0. The van der Waals surface area contributed by atoms with Crippen LogP contribution in [-0.2, 0) is 4.79 Å². The van der Waals surface area contributed by atoms with Gasteiger partial charge < -0.3 is 19.6 Å². The highest BCUT2D eigenvalue weighted by atomic mass is 16.5. The summed E-state index contributed by atoms with van der Waals surface area (Å²) in [6.45, 7) is 0. The Hall–Kier alpha value is -2.63. The van der Waals surface area contributed by atoms with E-state index in [1.807, 2.05) is 18.2 Å². The molecule has 1 aromatic heterocycles. The number of aromatic nitrogens is 2. The molecule has 0 saturated heterocycles. The van der Waals surface area contributed by atoms with E-state index < -0.39 is 6.04 Å². The molecule has 0 aliphatic rings. The van der Waals surface area contributed by atoms with Crippen LogP contribution in [0.4, 0.5) is 5.69 Å². The van der Waals surface area contributed by atoms with Crippen LogP contribution in [0.5, 0.6) is 11.6 Å². The van der Waals surface area contributed by atoms with E-state index in [0.717, 1.165) is 12.0 Å². The molecule has 0 amide bonds. The van der Waals surface area contributed by atoms with Gasteiger partial charge in [-0.3, -0.25) is 4.98 Å². The van der Waals surface area contributed by atoms with E-state index >= 15 is 0 Å². The number of rotatable bonds is 6. The maximum atomic E-state index is 11.2. The van der Waals surface area contributed by atoms with Gasteiger partial charge in [0.15, 0.2) is 0 Å². The third kappa shape index (κ3) is 3.23. The quantitative estimate of drug-likeness (QED) is 0.810. The molecule has 2 rings (SSSR count). The predicted molar refractivity (Wildman–Crippen MR) is 74.0 cm³/mol. The van der Waals surface area contributed by atoms with Crippen molar-refractivity contribution in [2.75, 3.05) is 19.5 Å². The molecule has 0 spiro atoms. The maximum Gasteiger partial charge on any atom is 0.231 e. The van der Waals surface area contributed by atoms with Crippen LogP contribution in [0.15, 0.2) is 36.7 Å². The maximum absolute atomic E-state index is 11.2. The highest BCUT2D eigenvalue weighted by Crippen LogP contribution is 2.21. The fourth-order valence-corrected chi connectivity index (χ4v) is 1.66. The smallest absolute Gasteiger partial charge is 0.231 e. The second kappa shape index (κ2) is 6.51. The number of ether oxygens (including phenoxy) is 2. The normalized spacial score (nSPS) is 11.5. The molecule has 20 heavy (non-hydrogen) atoms. The van der Waals surface area contributed by atoms with Gasteiger partial charge in [-0.25, -0.2) is 4.98 Å². The van der Waals surface area contributed by atoms with Gasteiger partial charge in [0.05, 0.1) is 32.3 Å². The van der Waals surface area contributed by atoms with Crippen LogP contribution in [0.1, 0.15) is 11.7 Å². The minimum Gasteiger partial charge on any atom is -0.497 e. The second-order valence-corrected chi connectivity index (χ2v) is 3.97. The molecule has 0 radical (unpaired) electrons. The lowest BCUT2D eigenvalue weighted by Gasteiger charge is -2.14. The Balaban J connectivity index is 2.16. The zero-order valence-electron chi connectivity index (χ0n) is 11.2. The van der Waals surface area contributed by atoms with Gasteiger partial charge in [0.1, 0.15) is 18.1 Å². The fourth-order valence-electron chi connectivity index (χ4n) is 1.66. The summed E-state index contributed by atoms with van der Waals surface area (Å²) in [7, 11) is 3.10. The van der Waals surface area contributed by atoms with E-state index in [1.54, 1.807) is 13.2 Å². The van der Waals surface area contributed by atoms with Gasteiger partial charge >= 0.3 is 0 Å². The summed E-state index contributed by atoms with van der Waals surface area (Å²) in [4.78, 5) is 19.4. The molecule has 1 heterocycles. The molecule has 0 bridgehead atoms. The Morgan fingerprint density at radius 3 is 2.65 bits per heavy atom. The number of hydrogen-bond donors (Lipinski definition) is 1. The first kappa shape index (κ1) is 13.8. The second-order valence-electron chi connectivity index (χ2n) is 3.97. The summed E-state index contributed by atoms with van der Waals surface area (Å²) < 4.78 is 10.1. The van der Waals surface area contributed by atoms with E-state index in [4.69, 9.17) is 9.47 Å². The number of methoxy groups -OCH3 is 2. The molecular formula is C14H15N3O3. The van der Waals surface area contributed by atoms with Crippen LogP contribution in [0.25, 0.3) is 0 Å². The largest absolute Gasteiger partial charge is 0.497 e. The fraction of sp³-hybridized carbons (Fsp3) is 0.214. The Kier molecular flexibility index (Phi) is 4.49. The number of carbonyl (C=O) groups is 1. The summed E-state index contributed by atoms with van der Waals surface area (Å²) in [5, 5.41) is 3.07. The number of benzene rings is 1. The summed E-state index contributed by atoms with van der Waals surface area (Å²) in [6.07, 6.45) is 3.75. The molecule has 0 aliphatic carbocycles. The minimum absolute atomic E-state index is 0.403. The molecule has 1 unspecified atom stereocenters. The molecule has 2 aromatic rings. The molecule has 1 N–H and O–H groups in total. The minimum atomic E-state index is -0.583. The third-order valence-corrected chi connectivity index (χ3v) is 2.70. The highest BCUT2D eigenvalue weighted by molar-refractivity contribution is 5.66. The van der Waals surface area contributed by atoms with Crippen LogP contribution in [-0.4, -0.2) is 30.5 Å². The van der Waals surface area contributed by atoms with Crippen molar-refractivity contribution >= 4 is 12.0 Å². The van der Waals surface area contributed by atoms with Crippen LogP contribution in [0.3, 0.4) is 0 Å². The first-order valence-electron chi connectivity index (χ1n) is 5.98. The third-order valence-electron chi connectivity index (χ3n) is 2.70. The van der Waals surface area contributed by atoms with E-state index in [-0.39, 0.29) is 0 Å². The van der Waals surface area contributed by atoms with Crippen LogP contribution < -0.4 is 14.8 Å². The molecule has 6 nitrogen and oxygen atoms in total. The van der Waals surface area contributed by atoms with Gasteiger partial charge in [0.2, 0.25) is 5.88 Å². The molecule has 0 saturated carbocycles. The Labute approximate surface area is 116 Å². The van der Waals surface area contributed by atoms with Crippen LogP contribution >= 0.6 is 0 Å². The van der Waals surface area contributed by atoms with Crippen LogP contribution in [0.2, 0.25) is 0 Å². The first-order chi connectivity index (χ1) is 9.76. The van der Waals surface area contributed by atoms with Gasteiger partial charge in [-0.05, 0) is 12.1 Å². The van der Waals surface area contributed by atoms with E-state index in [9.17, 15) is 4.79 Å². The van der Waals surface area contributed by atoms with E-state index in [1.165, 1.54) is 19.5 Å². The summed E-state index contributed by atoms with van der Waals surface area (Å²) in [5.74, 6) is 1.11. The van der Waals surface area contributed by atoms with Crippen molar-refractivity contribution in [1.29, 1.82) is 0 Å². The SMILES string of the molecule is COc1cccc(NC(C=O)c2cnc(OC)cn2)c1. The Morgan fingerprint density at radius 1 is 1.20 bits per heavy atom. The zero-order chi connectivity index (χ0) is 14.4. The van der Waals surface area contributed by atoms with Gasteiger partial charge in [-0.1, -0.05) is 6.07 Å². The first-order valence-corrected chi connectivity index (χ1v) is 5.98. The molecule has 6 heteroatoms. The van der Waals surface area contributed by atoms with Crippen molar-refractivity contribution in [3.05, 3.63) is 42.4 Å². The van der Waals surface area contributed by atoms with Gasteiger partial charge in [0.25, 0.3) is 0 Å². The van der Waals surface area contributed by atoms with Gasteiger partial charge in [-0.2, -0.15) is 0 Å². The number of nitrogens with one attached hydrogen (secondary N) is 1. The molecule has 104 valence electrons. The van der Waals surface area contributed by atoms with E-state index in [2.05, 4.69) is 15.3 Å². The lowest BCUT2D eigenvalue weighted by Crippen LogP contribution is -2.14. The predicted octanol–water partition coefficient (Wildman–Crippen LogP) is 1.85. The van der Waals surface area contributed by atoms with Crippen molar-refractivity contribution in [2.24, 2.45) is 0 Å². The number of anilines is 1. The molecular weight excluding hydrogens is 258 g/mol. The van der Waals surface area contributed by atoms with Crippen LogP contribution in [0, 0.1) is 0 Å². The average molecular weight is 273 g/mol. The van der Waals surface area contributed by atoms with Crippen molar-refractivity contribution in [1.82, 2.24) is 9.97 Å². The summed E-state index contributed by atoms with van der Waals surface area (Å²) in [5.41, 5.74) is 1.28. The number of carbonyl (C=O) groups excluding carboxylic acids is 1. The number of hydrogen-bond acceptors (Lipinski definition) is 6. The molecule has 0 fully saturated rings. The van der Waals surface area contributed by atoms with Crippen molar-refractivity contribution in [2.45, 2.75) is 6.04 Å². The summed E-state index contributed by atoms with van der Waals surface area (Å²) in [6, 6.07) is 6.72. The lowest BCUT2D eigenvalue weighted by molar-refractivity contribution is -0.108. The van der Waals surface area contributed by atoms with Crippen molar-refractivity contribution in [3.63, 3.8) is 0 Å². The number of nitrogens with zero attached hydrogens (tertiary/aromatic N) is 2. The molecule has 0 aliphatic heterocycles. The Bertz CT molecular complexity index is 572. The highest BCUT2D eigenvalue weighted by Gasteiger charge is 2.12. The van der Waals surface area contributed by atoms with Crippen molar-refractivity contribution in [3.8, 4) is 11.6 Å². The molecule has 1 atom stereocenters. The monoisotopic (exact) mass is 273 g/mol. The van der Waals surface area contributed by atoms with E-state index in [0.29, 0.717) is 17.3 Å². The van der Waals surface area contributed by atoms with Gasteiger partial charge in [0, 0.05) is 11.8 Å². The molecule has 1 aromatic carbocycles. The zero-order valence-corrected chi connectivity index (χ0v) is 11.2. The number of aldehydes is 1. The van der Waals surface area contributed by atoms with Gasteiger partial charge in [-0.15, -0.1) is 0 Å². The standard InChI is InChI=1S/C14H15N3O3/c1-19-11-5-3-4-10(6-11)17-13(9-18)12-7-16-14(20-2)8-15-12/h3-9,13,17H,1-2H3. The topological polar surface area (TPSA) is 73.3 Å². The average Bonchev–Trinajstić information content (AvgIpc) is 2.53. The Morgan fingerprint density at radius 2 is 2.05 bits per heavy atom.